The van der Waals surface area contributed by atoms with E-state index in [4.69, 9.17) is 24.8 Å². The maximum Gasteiger partial charge on any atom is 0.339 e. The first-order valence-electron chi connectivity index (χ1n) is 5.98. The van der Waals surface area contributed by atoms with Crippen LogP contribution in [0.1, 0.15) is 41.4 Å². The first kappa shape index (κ1) is 15.4. The molecule has 0 aromatic heterocycles. The molecule has 9 heteroatoms. The number of hydrogen-bond acceptors (Lipinski definition) is 6. The van der Waals surface area contributed by atoms with Gasteiger partial charge in [-0.3, -0.25) is 0 Å². The van der Waals surface area contributed by atoms with Gasteiger partial charge < -0.3 is 24.8 Å². The zero-order valence-electron chi connectivity index (χ0n) is 10.9. The topological polar surface area (TPSA) is 151 Å². The van der Waals surface area contributed by atoms with Gasteiger partial charge in [0.15, 0.2) is 0 Å². The van der Waals surface area contributed by atoms with Crippen LogP contribution in [0.15, 0.2) is 12.1 Å². The lowest BCUT2D eigenvalue weighted by molar-refractivity contribution is 0.0466. The minimum atomic E-state index is -1.62. The van der Waals surface area contributed by atoms with E-state index in [1.54, 1.807) is 0 Å². The fourth-order valence-corrected chi connectivity index (χ4v) is 1.71. The molecule has 0 radical (unpaired) electrons. The second-order valence-corrected chi connectivity index (χ2v) is 4.41. The van der Waals surface area contributed by atoms with Crippen molar-refractivity contribution >= 4 is 23.9 Å². The highest BCUT2D eigenvalue weighted by Crippen LogP contribution is 2.20. The number of esters is 1. The minimum absolute atomic E-state index is 0.0963. The maximum atomic E-state index is 11.9. The zero-order valence-corrected chi connectivity index (χ0v) is 10.9. The summed E-state index contributed by atoms with van der Waals surface area (Å²) in [5, 5.41) is 27.0. The van der Waals surface area contributed by atoms with E-state index in [0.717, 1.165) is 0 Å². The zero-order chi connectivity index (χ0) is 16.4. The molecule has 9 nitrogen and oxygen atoms in total. The average molecular weight is 310 g/mol. The van der Waals surface area contributed by atoms with Gasteiger partial charge in [0.2, 0.25) is 0 Å². The monoisotopic (exact) mass is 310 g/mol. The number of carboxylic acids is 3. The number of benzene rings is 1. The summed E-state index contributed by atoms with van der Waals surface area (Å²) in [6, 6.07) is 1.31. The van der Waals surface area contributed by atoms with E-state index in [9.17, 15) is 19.2 Å². The number of aromatic carboxylic acids is 3. The molecular weight excluding hydrogens is 300 g/mol. The number of rotatable bonds is 6. The summed E-state index contributed by atoms with van der Waals surface area (Å²) in [6.45, 7) is 0.318. The number of carbonyl (C=O) groups is 4. The molecule has 0 saturated carbocycles. The molecule has 1 unspecified atom stereocenters. The van der Waals surface area contributed by atoms with Crippen LogP contribution in [0.5, 0.6) is 0 Å². The van der Waals surface area contributed by atoms with E-state index >= 15 is 0 Å². The summed E-state index contributed by atoms with van der Waals surface area (Å²) < 4.78 is 9.63. The SMILES string of the molecule is O=C(O)c1cc(C(=O)O)c(C(=O)OCC2CO2)cc1C(=O)O. The molecule has 1 aliphatic rings. The van der Waals surface area contributed by atoms with Crippen LogP contribution in [0.3, 0.4) is 0 Å². The largest absolute Gasteiger partial charge is 0.478 e. The number of carboxylic acid groups (broad SMARTS) is 3. The van der Waals surface area contributed by atoms with Crippen molar-refractivity contribution < 1.29 is 44.0 Å². The van der Waals surface area contributed by atoms with Crippen molar-refractivity contribution in [1.29, 1.82) is 0 Å². The van der Waals surface area contributed by atoms with Gasteiger partial charge in [-0.15, -0.1) is 0 Å². The molecule has 22 heavy (non-hydrogen) atoms. The van der Waals surface area contributed by atoms with Gasteiger partial charge in [0.1, 0.15) is 12.7 Å². The van der Waals surface area contributed by atoms with E-state index < -0.39 is 46.1 Å². The van der Waals surface area contributed by atoms with E-state index in [1.165, 1.54) is 0 Å². The molecule has 3 N–H and O–H groups in total. The molecule has 2 rings (SSSR count). The van der Waals surface area contributed by atoms with Crippen molar-refractivity contribution in [2.45, 2.75) is 6.10 Å². The quantitative estimate of drug-likeness (QED) is 0.498. The first-order valence-corrected chi connectivity index (χ1v) is 5.98. The van der Waals surface area contributed by atoms with Crippen LogP contribution < -0.4 is 0 Å². The number of epoxide rings is 1. The summed E-state index contributed by atoms with van der Waals surface area (Å²) in [4.78, 5) is 45.1. The van der Waals surface area contributed by atoms with Crippen LogP contribution in [0.4, 0.5) is 0 Å². The Labute approximate surface area is 122 Å². The molecule has 1 atom stereocenters. The van der Waals surface area contributed by atoms with Gasteiger partial charge in [-0.25, -0.2) is 19.2 Å². The maximum absolute atomic E-state index is 11.9. The van der Waals surface area contributed by atoms with Gasteiger partial charge in [-0.1, -0.05) is 0 Å². The second kappa shape index (κ2) is 5.82. The van der Waals surface area contributed by atoms with Crippen LogP contribution in [0.25, 0.3) is 0 Å². The molecule has 0 bridgehead atoms. The Kier molecular flexibility index (Phi) is 4.08. The Morgan fingerprint density at radius 2 is 1.36 bits per heavy atom. The predicted octanol–water partition coefficient (Wildman–Crippen LogP) is 0.337. The third kappa shape index (κ3) is 3.20. The molecule has 1 saturated heterocycles. The van der Waals surface area contributed by atoms with E-state index in [2.05, 4.69) is 0 Å². The number of ether oxygens (including phenoxy) is 2. The van der Waals surface area contributed by atoms with Crippen LogP contribution in [-0.4, -0.2) is 58.5 Å². The van der Waals surface area contributed by atoms with Crippen LogP contribution in [0, 0.1) is 0 Å². The molecule has 1 aromatic rings. The second-order valence-electron chi connectivity index (χ2n) is 4.41. The smallest absolute Gasteiger partial charge is 0.339 e. The normalized spacial score (nSPS) is 15.9. The summed E-state index contributed by atoms with van der Waals surface area (Å²) in [7, 11) is 0. The number of carbonyl (C=O) groups excluding carboxylic acids is 1. The van der Waals surface area contributed by atoms with Gasteiger partial charge in [-0.2, -0.15) is 0 Å². The third-order valence-corrected chi connectivity index (χ3v) is 2.87. The summed E-state index contributed by atoms with van der Waals surface area (Å²) in [5.41, 5.74) is -2.61. The Morgan fingerprint density at radius 3 is 1.77 bits per heavy atom. The van der Waals surface area contributed by atoms with Crippen molar-refractivity contribution in [2.24, 2.45) is 0 Å². The first-order chi connectivity index (χ1) is 10.3. The Balaban J connectivity index is 2.47. The van der Waals surface area contributed by atoms with Crippen molar-refractivity contribution in [3.63, 3.8) is 0 Å². The van der Waals surface area contributed by atoms with Gasteiger partial charge in [0.05, 0.1) is 28.9 Å². The van der Waals surface area contributed by atoms with Crippen LogP contribution in [0.2, 0.25) is 0 Å². The molecule has 0 amide bonds. The molecule has 0 spiro atoms. The Bertz CT molecular complexity index is 672. The highest BCUT2D eigenvalue weighted by atomic mass is 16.6. The lowest BCUT2D eigenvalue weighted by Gasteiger charge is -2.09. The predicted molar refractivity (Wildman–Crippen MR) is 67.3 cm³/mol. The van der Waals surface area contributed by atoms with Gasteiger partial charge in [0, 0.05) is 0 Å². The average Bonchev–Trinajstić information content (AvgIpc) is 3.27. The van der Waals surface area contributed by atoms with Gasteiger partial charge in [0.25, 0.3) is 0 Å². The van der Waals surface area contributed by atoms with Crippen LogP contribution >= 0.6 is 0 Å². The highest BCUT2D eigenvalue weighted by molar-refractivity contribution is 6.09. The van der Waals surface area contributed by atoms with Gasteiger partial charge in [-0.05, 0) is 12.1 Å². The van der Waals surface area contributed by atoms with Crippen molar-refractivity contribution in [3.05, 3.63) is 34.4 Å². The summed E-state index contributed by atoms with van der Waals surface area (Å²) in [5.74, 6) is -5.86. The molecule has 1 fully saturated rings. The molecule has 116 valence electrons. The van der Waals surface area contributed by atoms with E-state index in [0.29, 0.717) is 18.7 Å². The molecular formula is C13H10O9. The number of hydrogen-bond donors (Lipinski definition) is 3. The van der Waals surface area contributed by atoms with Crippen LogP contribution in [-0.2, 0) is 9.47 Å². The van der Waals surface area contributed by atoms with Gasteiger partial charge >= 0.3 is 23.9 Å². The molecule has 0 aliphatic carbocycles. The molecule has 1 aromatic carbocycles. The lowest BCUT2D eigenvalue weighted by atomic mass is 9.98. The Hall–Kier alpha value is -2.94. The fraction of sp³-hybridized carbons (Fsp3) is 0.231. The lowest BCUT2D eigenvalue weighted by Crippen LogP contribution is -2.18. The standard InChI is InChI=1S/C13H10O9/c14-10(15)6-1-8(12(18)19)9(2-7(6)11(16)17)13(20)22-4-5-3-21-5/h1-2,5H,3-4H2,(H,14,15)(H,16,17)(H,18,19). The van der Waals surface area contributed by atoms with E-state index in [1.807, 2.05) is 0 Å². The Morgan fingerprint density at radius 1 is 0.955 bits per heavy atom. The third-order valence-electron chi connectivity index (χ3n) is 2.87. The summed E-state index contributed by atoms with van der Waals surface area (Å²) >= 11 is 0. The minimum Gasteiger partial charge on any atom is -0.478 e. The fourth-order valence-electron chi connectivity index (χ4n) is 1.71. The van der Waals surface area contributed by atoms with Crippen molar-refractivity contribution in [1.82, 2.24) is 0 Å². The molecule has 1 heterocycles. The highest BCUT2D eigenvalue weighted by Gasteiger charge is 2.28. The van der Waals surface area contributed by atoms with Crippen molar-refractivity contribution in [3.8, 4) is 0 Å². The van der Waals surface area contributed by atoms with Crippen molar-refractivity contribution in [2.75, 3.05) is 13.2 Å². The van der Waals surface area contributed by atoms with E-state index in [-0.39, 0.29) is 12.7 Å². The molecule has 1 aliphatic heterocycles. The summed E-state index contributed by atoms with van der Waals surface area (Å²) in [6.07, 6.45) is -0.255.